The molecule has 0 saturated heterocycles. The van der Waals surface area contributed by atoms with Gasteiger partial charge in [0.05, 0.1) is 15.6 Å². The molecule has 0 atom stereocenters. The average Bonchev–Trinajstić information content (AvgIpc) is 3.03. The number of carbonyl (C=O) groups is 2. The summed E-state index contributed by atoms with van der Waals surface area (Å²) < 4.78 is 13.2. The van der Waals surface area contributed by atoms with Gasteiger partial charge in [0.25, 0.3) is 5.91 Å². The van der Waals surface area contributed by atoms with Gasteiger partial charge in [-0.15, -0.1) is 0 Å². The number of rotatable bonds is 6. The van der Waals surface area contributed by atoms with E-state index in [9.17, 15) is 14.0 Å². The summed E-state index contributed by atoms with van der Waals surface area (Å²) in [6, 6.07) is 13.5. The minimum Gasteiger partial charge on any atom is -0.298 e. The van der Waals surface area contributed by atoms with Crippen molar-refractivity contribution in [3.8, 4) is 0 Å². The molecule has 3 aromatic rings. The van der Waals surface area contributed by atoms with Crippen LogP contribution in [0.15, 0.2) is 48.5 Å². The van der Waals surface area contributed by atoms with E-state index in [1.807, 2.05) is 30.3 Å². The van der Waals surface area contributed by atoms with Gasteiger partial charge in [-0.1, -0.05) is 53.3 Å². The second-order valence-corrected chi connectivity index (χ2v) is 7.33. The number of nitrogens with zero attached hydrogens (tertiary/aromatic N) is 1. The Morgan fingerprint density at radius 3 is 2.63 bits per heavy atom. The number of anilines is 1. The lowest BCUT2D eigenvalue weighted by atomic mass is 10.1. The SMILES string of the molecule is Cc1nc(NC(=O)c2ccc(F)c(Cl)c2)sc1C(=O)CCc1ccccc1. The van der Waals surface area contributed by atoms with Gasteiger partial charge >= 0.3 is 0 Å². The molecular weight excluding hydrogens is 387 g/mol. The zero-order chi connectivity index (χ0) is 19.4. The third kappa shape index (κ3) is 4.78. The van der Waals surface area contributed by atoms with E-state index in [1.54, 1.807) is 6.92 Å². The van der Waals surface area contributed by atoms with Gasteiger partial charge in [0.15, 0.2) is 10.9 Å². The van der Waals surface area contributed by atoms with Crippen molar-refractivity contribution in [1.82, 2.24) is 4.98 Å². The maximum absolute atomic E-state index is 13.2. The van der Waals surface area contributed by atoms with Crippen LogP contribution in [0, 0.1) is 12.7 Å². The molecule has 7 heteroatoms. The highest BCUT2D eigenvalue weighted by Gasteiger charge is 2.17. The van der Waals surface area contributed by atoms with Crippen LogP contribution < -0.4 is 5.32 Å². The summed E-state index contributed by atoms with van der Waals surface area (Å²) in [7, 11) is 0. The second-order valence-electron chi connectivity index (χ2n) is 5.93. The highest BCUT2D eigenvalue weighted by atomic mass is 35.5. The molecule has 0 aliphatic carbocycles. The molecule has 3 rings (SSSR count). The Labute approximate surface area is 165 Å². The summed E-state index contributed by atoms with van der Waals surface area (Å²) in [6.45, 7) is 1.73. The molecule has 27 heavy (non-hydrogen) atoms. The third-order valence-corrected chi connectivity index (χ3v) is 5.34. The number of carbonyl (C=O) groups excluding carboxylic acids is 2. The molecule has 2 aromatic carbocycles. The Balaban J connectivity index is 1.67. The number of amides is 1. The van der Waals surface area contributed by atoms with Gasteiger partial charge in [-0.3, -0.25) is 14.9 Å². The lowest BCUT2D eigenvalue weighted by molar-refractivity contribution is 0.0984. The summed E-state index contributed by atoms with van der Waals surface area (Å²) in [5.41, 5.74) is 1.88. The Hall–Kier alpha value is -2.57. The number of aromatic nitrogens is 1. The molecule has 0 radical (unpaired) electrons. The van der Waals surface area contributed by atoms with Crippen LogP contribution in [0.3, 0.4) is 0 Å². The molecule has 0 fully saturated rings. The van der Waals surface area contributed by atoms with Gasteiger partial charge in [0.1, 0.15) is 5.82 Å². The summed E-state index contributed by atoms with van der Waals surface area (Å²) >= 11 is 6.84. The van der Waals surface area contributed by atoms with E-state index in [0.717, 1.165) is 23.0 Å². The summed E-state index contributed by atoms with van der Waals surface area (Å²) in [6.07, 6.45) is 1.01. The standard InChI is InChI=1S/C20H16ClFN2O2S/c1-12-18(17(25)10-7-13-5-3-2-4-6-13)27-20(23-12)24-19(26)14-8-9-16(22)15(21)11-14/h2-6,8-9,11H,7,10H2,1H3,(H,23,24,26). The first-order chi connectivity index (χ1) is 12.9. The predicted octanol–water partition coefficient (Wildman–Crippen LogP) is 5.31. The first kappa shape index (κ1) is 19.2. The summed E-state index contributed by atoms with van der Waals surface area (Å²) in [5, 5.41) is 2.82. The molecule has 1 amide bonds. The predicted molar refractivity (Wildman–Crippen MR) is 105 cm³/mol. The first-order valence-corrected chi connectivity index (χ1v) is 9.44. The van der Waals surface area contributed by atoms with Gasteiger partial charge in [-0.05, 0) is 37.1 Å². The third-order valence-electron chi connectivity index (χ3n) is 3.94. The number of hydrogen-bond donors (Lipinski definition) is 1. The van der Waals surface area contributed by atoms with Gasteiger partial charge < -0.3 is 0 Å². The van der Waals surface area contributed by atoms with E-state index in [1.165, 1.54) is 12.1 Å². The van der Waals surface area contributed by atoms with E-state index in [0.29, 0.717) is 28.5 Å². The zero-order valence-corrected chi connectivity index (χ0v) is 16.0. The van der Waals surface area contributed by atoms with E-state index < -0.39 is 11.7 Å². The van der Waals surface area contributed by atoms with Crippen molar-refractivity contribution in [2.75, 3.05) is 5.32 Å². The molecule has 0 unspecified atom stereocenters. The van der Waals surface area contributed by atoms with E-state index in [-0.39, 0.29) is 16.4 Å². The molecule has 4 nitrogen and oxygen atoms in total. The quantitative estimate of drug-likeness (QED) is 0.568. The van der Waals surface area contributed by atoms with E-state index in [2.05, 4.69) is 10.3 Å². The number of Topliss-reactive ketones (excluding diaryl/α,β-unsaturated/α-hetero) is 1. The van der Waals surface area contributed by atoms with Crippen molar-refractivity contribution >= 4 is 39.8 Å². The topological polar surface area (TPSA) is 59.1 Å². The Kier molecular flexibility index (Phi) is 5.98. The monoisotopic (exact) mass is 402 g/mol. The molecule has 0 saturated carbocycles. The lowest BCUT2D eigenvalue weighted by Gasteiger charge is -2.02. The number of hydrogen-bond acceptors (Lipinski definition) is 4. The molecule has 138 valence electrons. The fourth-order valence-corrected chi connectivity index (χ4v) is 3.64. The Morgan fingerprint density at radius 1 is 1.19 bits per heavy atom. The maximum Gasteiger partial charge on any atom is 0.257 e. The maximum atomic E-state index is 13.2. The number of nitrogens with one attached hydrogen (secondary N) is 1. The molecular formula is C20H16ClFN2O2S. The fourth-order valence-electron chi connectivity index (χ4n) is 2.53. The van der Waals surface area contributed by atoms with Crippen LogP contribution in [-0.2, 0) is 6.42 Å². The van der Waals surface area contributed by atoms with Crippen LogP contribution in [0.2, 0.25) is 5.02 Å². The van der Waals surface area contributed by atoms with Crippen molar-refractivity contribution in [3.63, 3.8) is 0 Å². The van der Waals surface area contributed by atoms with Crippen molar-refractivity contribution in [2.45, 2.75) is 19.8 Å². The van der Waals surface area contributed by atoms with E-state index in [4.69, 9.17) is 11.6 Å². The highest BCUT2D eigenvalue weighted by molar-refractivity contribution is 7.17. The number of thiazole rings is 1. The van der Waals surface area contributed by atoms with Gasteiger partial charge in [-0.25, -0.2) is 9.37 Å². The van der Waals surface area contributed by atoms with Gasteiger partial charge in [0.2, 0.25) is 0 Å². The summed E-state index contributed by atoms with van der Waals surface area (Å²) in [4.78, 5) is 29.5. The normalized spacial score (nSPS) is 10.6. The van der Waals surface area contributed by atoms with E-state index >= 15 is 0 Å². The number of ketones is 1. The molecule has 1 aromatic heterocycles. The molecule has 0 spiro atoms. The zero-order valence-electron chi connectivity index (χ0n) is 14.5. The molecule has 1 heterocycles. The van der Waals surface area contributed by atoms with Crippen LogP contribution in [0.5, 0.6) is 0 Å². The average molecular weight is 403 g/mol. The number of benzene rings is 2. The van der Waals surface area contributed by atoms with Crippen molar-refractivity contribution in [3.05, 3.63) is 81.1 Å². The molecule has 0 aliphatic rings. The van der Waals surface area contributed by atoms with Crippen LogP contribution in [0.25, 0.3) is 0 Å². The number of halogens is 2. The second kappa shape index (κ2) is 8.41. The molecule has 1 N–H and O–H groups in total. The fraction of sp³-hybridized carbons (Fsp3) is 0.150. The van der Waals surface area contributed by atoms with Crippen LogP contribution in [0.4, 0.5) is 9.52 Å². The van der Waals surface area contributed by atoms with Crippen molar-refractivity contribution in [1.29, 1.82) is 0 Å². The van der Waals surface area contributed by atoms with Crippen molar-refractivity contribution in [2.24, 2.45) is 0 Å². The number of aryl methyl sites for hydroxylation is 2. The van der Waals surface area contributed by atoms with Crippen LogP contribution in [-0.4, -0.2) is 16.7 Å². The first-order valence-electron chi connectivity index (χ1n) is 8.25. The minimum atomic E-state index is -0.593. The molecule has 0 bridgehead atoms. The van der Waals surface area contributed by atoms with Crippen LogP contribution in [0.1, 0.15) is 37.7 Å². The Morgan fingerprint density at radius 2 is 1.93 bits per heavy atom. The summed E-state index contributed by atoms with van der Waals surface area (Å²) in [5.74, 6) is -1.07. The minimum absolute atomic E-state index is 0.0146. The van der Waals surface area contributed by atoms with Gasteiger partial charge in [0, 0.05) is 12.0 Å². The Bertz CT molecular complexity index is 989. The lowest BCUT2D eigenvalue weighted by Crippen LogP contribution is -2.11. The largest absolute Gasteiger partial charge is 0.298 e. The molecule has 0 aliphatic heterocycles. The van der Waals surface area contributed by atoms with Gasteiger partial charge in [-0.2, -0.15) is 0 Å². The van der Waals surface area contributed by atoms with Crippen LogP contribution >= 0.6 is 22.9 Å². The smallest absolute Gasteiger partial charge is 0.257 e. The van der Waals surface area contributed by atoms with Crippen molar-refractivity contribution < 1.29 is 14.0 Å². The highest BCUT2D eigenvalue weighted by Crippen LogP contribution is 2.25.